The Morgan fingerprint density at radius 2 is 1.00 bits per heavy atom. The highest BCUT2D eigenvalue weighted by Gasteiger charge is 2.49. The molecule has 10 heteroatoms. The monoisotopic (exact) mass is 929 g/mol. The van der Waals surface area contributed by atoms with E-state index in [-0.39, 0.29) is 6.09 Å². The minimum absolute atomic E-state index is 0.247. The number of rotatable bonds is 23. The number of unbranched alkanes of at least 4 members (excludes halogenated alkanes) is 1. The standard InChI is InChI=1S/C60H63N7O3/c68-60(70-46-59-57-24-6-1-2-7-25-58(57)59)67(41-47-26-28-51(29-27-47)50-18-4-3-5-19-50)34-16-17-35-69-56-37-48(39-65(42-52-20-8-12-30-61-52)43-53-21-9-13-31-62-53)36-49(38-56)40-66(44-54-22-10-14-32-63-54)45-55-23-11-15-33-64-55/h3-5,8-15,18-23,26-33,36-38,57-59H,6-7,16-17,24-25,34-35,39-46H2/t57-,58+,59-. The van der Waals surface area contributed by atoms with Crippen LogP contribution in [-0.4, -0.2) is 60.5 Å². The van der Waals surface area contributed by atoms with Crippen molar-refractivity contribution in [3.63, 3.8) is 0 Å². The number of benzene rings is 3. The van der Waals surface area contributed by atoms with Gasteiger partial charge < -0.3 is 14.4 Å². The van der Waals surface area contributed by atoms with Gasteiger partial charge in [0.2, 0.25) is 0 Å². The van der Waals surface area contributed by atoms with Crippen molar-refractivity contribution in [2.24, 2.45) is 17.8 Å². The molecule has 4 heterocycles. The first-order valence-electron chi connectivity index (χ1n) is 24.9. The van der Waals surface area contributed by atoms with Gasteiger partial charge in [-0.15, -0.1) is 11.8 Å². The summed E-state index contributed by atoms with van der Waals surface area (Å²) in [6, 6.07) is 49.8. The van der Waals surface area contributed by atoms with Gasteiger partial charge in [0.15, 0.2) is 0 Å². The first-order chi connectivity index (χ1) is 34.6. The molecule has 0 unspecified atom stereocenters. The summed E-state index contributed by atoms with van der Waals surface area (Å²) in [6.07, 6.45) is 12.8. The van der Waals surface area contributed by atoms with Crippen LogP contribution in [0.2, 0.25) is 0 Å². The molecule has 4 aromatic heterocycles. The van der Waals surface area contributed by atoms with E-state index in [0.717, 1.165) is 89.3 Å². The zero-order chi connectivity index (χ0) is 47.6. The van der Waals surface area contributed by atoms with Gasteiger partial charge in [0.1, 0.15) is 5.75 Å². The van der Waals surface area contributed by atoms with Crippen LogP contribution in [0.1, 0.15) is 78.0 Å². The molecule has 0 bridgehead atoms. The lowest BCUT2D eigenvalue weighted by Crippen LogP contribution is -2.33. The van der Waals surface area contributed by atoms with Crippen molar-refractivity contribution < 1.29 is 14.3 Å². The number of aromatic nitrogens is 4. The lowest BCUT2D eigenvalue weighted by molar-refractivity contribution is 0.0918. The SMILES string of the molecule is O=C(OC[C@@H]1[C@@H]2CCC#CCC[C@@H]21)N(CCCCOc1cc(CN(Cc2ccccn2)Cc2ccccn2)cc(CN(Cc2ccccn2)Cc2ccccn2)c1)Cc1ccc(-c2ccccc2)cc1. The van der Waals surface area contributed by atoms with Crippen LogP contribution in [0, 0.1) is 29.6 Å². The third kappa shape index (κ3) is 14.4. The third-order valence-electron chi connectivity index (χ3n) is 13.3. The van der Waals surface area contributed by atoms with Gasteiger partial charge in [0.25, 0.3) is 0 Å². The second kappa shape index (κ2) is 24.9. The van der Waals surface area contributed by atoms with Crippen LogP contribution in [0.3, 0.4) is 0 Å². The van der Waals surface area contributed by atoms with E-state index in [1.54, 1.807) is 0 Å². The van der Waals surface area contributed by atoms with E-state index in [2.05, 4.69) is 133 Å². The fraction of sp³-hybridized carbons (Fsp3) is 0.317. The summed E-state index contributed by atoms with van der Waals surface area (Å²) in [7, 11) is 0. The lowest BCUT2D eigenvalue weighted by atomic mass is 10.0. The molecule has 0 saturated heterocycles. The van der Waals surface area contributed by atoms with Crippen molar-refractivity contribution >= 4 is 6.09 Å². The summed E-state index contributed by atoms with van der Waals surface area (Å²) in [5, 5.41) is 0. The van der Waals surface area contributed by atoms with Gasteiger partial charge in [-0.25, -0.2) is 4.79 Å². The summed E-state index contributed by atoms with van der Waals surface area (Å²) in [5.41, 5.74) is 9.65. The number of carbonyl (C=O) groups is 1. The fourth-order valence-corrected chi connectivity index (χ4v) is 9.75. The van der Waals surface area contributed by atoms with Gasteiger partial charge in [-0.3, -0.25) is 29.7 Å². The second-order valence-corrected chi connectivity index (χ2v) is 18.6. The van der Waals surface area contributed by atoms with E-state index >= 15 is 0 Å². The van der Waals surface area contributed by atoms with Crippen molar-refractivity contribution in [2.45, 2.75) is 84.3 Å². The average molecular weight is 930 g/mol. The molecule has 0 radical (unpaired) electrons. The molecule has 0 N–H and O–H groups in total. The number of ether oxygens (including phenoxy) is 2. The Hall–Kier alpha value is -7.19. The van der Waals surface area contributed by atoms with Crippen molar-refractivity contribution in [3.8, 4) is 28.7 Å². The molecule has 1 fully saturated rings. The average Bonchev–Trinajstić information content (AvgIpc) is 4.04. The molecule has 0 spiro atoms. The van der Waals surface area contributed by atoms with Crippen molar-refractivity contribution in [3.05, 3.63) is 210 Å². The number of carbonyl (C=O) groups excluding carboxylic acids is 1. The Balaban J connectivity index is 0.899. The molecule has 10 nitrogen and oxygen atoms in total. The molecule has 2 aliphatic rings. The lowest BCUT2D eigenvalue weighted by Gasteiger charge is -2.25. The van der Waals surface area contributed by atoms with E-state index in [4.69, 9.17) is 9.47 Å². The Morgan fingerprint density at radius 3 is 1.49 bits per heavy atom. The number of amides is 1. The number of hydrogen-bond donors (Lipinski definition) is 0. The van der Waals surface area contributed by atoms with Gasteiger partial charge in [-0.2, -0.15) is 0 Å². The van der Waals surface area contributed by atoms with Gasteiger partial charge >= 0.3 is 6.09 Å². The molecule has 356 valence electrons. The predicted molar refractivity (Wildman–Crippen MR) is 274 cm³/mol. The Kier molecular flexibility index (Phi) is 17.0. The van der Waals surface area contributed by atoms with Crippen LogP contribution in [0.15, 0.2) is 170 Å². The molecular formula is C60H63N7O3. The predicted octanol–water partition coefficient (Wildman–Crippen LogP) is 11.6. The Morgan fingerprint density at radius 1 is 0.514 bits per heavy atom. The minimum Gasteiger partial charge on any atom is -0.494 e. The molecule has 2 aliphatic carbocycles. The van der Waals surface area contributed by atoms with E-state index < -0.39 is 0 Å². The van der Waals surface area contributed by atoms with Gasteiger partial charge in [-0.1, -0.05) is 84.9 Å². The molecule has 1 amide bonds. The Bertz CT molecular complexity index is 2530. The summed E-state index contributed by atoms with van der Waals surface area (Å²) < 4.78 is 12.8. The first-order valence-corrected chi connectivity index (χ1v) is 24.9. The molecule has 9 rings (SSSR count). The number of hydrogen-bond acceptors (Lipinski definition) is 9. The maximum absolute atomic E-state index is 13.9. The highest BCUT2D eigenvalue weighted by molar-refractivity contribution is 5.68. The molecule has 0 aliphatic heterocycles. The van der Waals surface area contributed by atoms with E-state index in [1.165, 1.54) is 5.56 Å². The topological polar surface area (TPSA) is 96.8 Å². The summed E-state index contributed by atoms with van der Waals surface area (Å²) in [4.78, 5) is 39.3. The molecule has 1 saturated carbocycles. The van der Waals surface area contributed by atoms with Crippen LogP contribution in [0.5, 0.6) is 5.75 Å². The van der Waals surface area contributed by atoms with Crippen LogP contribution >= 0.6 is 0 Å². The zero-order valence-electron chi connectivity index (χ0n) is 40.1. The summed E-state index contributed by atoms with van der Waals surface area (Å²) in [5.74, 6) is 9.08. The van der Waals surface area contributed by atoms with Crippen LogP contribution in [-0.2, 0) is 50.6 Å². The fourth-order valence-electron chi connectivity index (χ4n) is 9.75. The highest BCUT2D eigenvalue weighted by atomic mass is 16.6. The smallest absolute Gasteiger partial charge is 0.410 e. The zero-order valence-corrected chi connectivity index (χ0v) is 40.1. The van der Waals surface area contributed by atoms with Crippen molar-refractivity contribution in [1.82, 2.24) is 34.6 Å². The second-order valence-electron chi connectivity index (χ2n) is 18.6. The van der Waals surface area contributed by atoms with Crippen LogP contribution in [0.4, 0.5) is 4.79 Å². The van der Waals surface area contributed by atoms with Crippen molar-refractivity contribution in [1.29, 1.82) is 0 Å². The van der Waals surface area contributed by atoms with Gasteiger partial charge in [-0.05, 0) is 132 Å². The summed E-state index contributed by atoms with van der Waals surface area (Å²) in [6.45, 7) is 6.00. The van der Waals surface area contributed by atoms with Crippen LogP contribution in [0.25, 0.3) is 11.1 Å². The van der Waals surface area contributed by atoms with Gasteiger partial charge in [0, 0.05) is 90.0 Å². The maximum atomic E-state index is 13.9. The summed E-state index contributed by atoms with van der Waals surface area (Å²) >= 11 is 0. The third-order valence-corrected chi connectivity index (χ3v) is 13.3. The van der Waals surface area contributed by atoms with E-state index in [0.29, 0.717) is 83.3 Å². The first kappa shape index (κ1) is 47.9. The number of nitrogens with zero attached hydrogens (tertiary/aromatic N) is 7. The number of pyridine rings is 4. The number of fused-ring (bicyclic) bond motifs is 1. The van der Waals surface area contributed by atoms with Gasteiger partial charge in [0.05, 0.1) is 36.0 Å². The normalized spacial score (nSPS) is 16.1. The molecule has 3 atom stereocenters. The highest BCUT2D eigenvalue weighted by Crippen LogP contribution is 2.52. The quantitative estimate of drug-likeness (QED) is 0.0459. The Labute approximate surface area is 413 Å². The van der Waals surface area contributed by atoms with Crippen molar-refractivity contribution in [2.75, 3.05) is 19.8 Å². The molecule has 70 heavy (non-hydrogen) atoms. The van der Waals surface area contributed by atoms with E-state index in [1.807, 2.05) is 84.3 Å². The molecular weight excluding hydrogens is 867 g/mol. The minimum atomic E-state index is -0.247. The maximum Gasteiger partial charge on any atom is 0.410 e. The van der Waals surface area contributed by atoms with E-state index in [9.17, 15) is 4.79 Å². The molecule has 3 aromatic carbocycles. The largest absolute Gasteiger partial charge is 0.494 e. The molecule has 7 aromatic rings. The van der Waals surface area contributed by atoms with Crippen LogP contribution < -0.4 is 4.74 Å².